The van der Waals surface area contributed by atoms with Crippen LogP contribution in [0.2, 0.25) is 0 Å². The van der Waals surface area contributed by atoms with Crippen molar-refractivity contribution < 1.29 is 14.3 Å². The number of fused-ring (bicyclic) bond motifs is 1. The van der Waals surface area contributed by atoms with Gasteiger partial charge in [-0.05, 0) is 38.1 Å². The highest BCUT2D eigenvalue weighted by atomic mass is 16.5. The largest absolute Gasteiger partial charge is 0.490 e. The first kappa shape index (κ1) is 13.4. The fraction of sp³-hybridized carbons (Fsp3) is 0.533. The van der Waals surface area contributed by atoms with Crippen LogP contribution in [0.25, 0.3) is 0 Å². The van der Waals surface area contributed by atoms with Gasteiger partial charge in [-0.1, -0.05) is 12.1 Å². The van der Waals surface area contributed by atoms with Gasteiger partial charge in [0.05, 0.1) is 18.3 Å². The molecule has 0 bridgehead atoms. The third-order valence-corrected chi connectivity index (χ3v) is 3.76. The van der Waals surface area contributed by atoms with E-state index in [1.807, 2.05) is 24.3 Å². The van der Waals surface area contributed by atoms with Crippen molar-refractivity contribution in [2.24, 2.45) is 0 Å². The number of hydrogen-bond donors (Lipinski definition) is 1. The summed E-state index contributed by atoms with van der Waals surface area (Å²) in [7, 11) is 0. The second-order valence-electron chi connectivity index (χ2n) is 5.12. The van der Waals surface area contributed by atoms with Crippen molar-refractivity contribution >= 4 is 11.6 Å². The Balaban J connectivity index is 1.60. The van der Waals surface area contributed by atoms with Gasteiger partial charge < -0.3 is 19.7 Å². The summed E-state index contributed by atoms with van der Waals surface area (Å²) in [4.78, 5) is 14.1. The number of ether oxygens (including phenoxy) is 2. The van der Waals surface area contributed by atoms with Crippen LogP contribution in [0.1, 0.15) is 12.8 Å². The van der Waals surface area contributed by atoms with E-state index in [-0.39, 0.29) is 18.6 Å². The van der Waals surface area contributed by atoms with Crippen LogP contribution in [-0.4, -0.2) is 44.9 Å². The summed E-state index contributed by atoms with van der Waals surface area (Å²) in [5.41, 5.74) is 0.845. The van der Waals surface area contributed by atoms with Crippen molar-refractivity contribution in [1.29, 1.82) is 0 Å². The zero-order chi connectivity index (χ0) is 13.8. The molecule has 1 aromatic rings. The third-order valence-electron chi connectivity index (χ3n) is 3.76. The van der Waals surface area contributed by atoms with Gasteiger partial charge in [0.2, 0.25) is 0 Å². The Hall–Kier alpha value is -1.59. The fourth-order valence-corrected chi connectivity index (χ4v) is 2.66. The van der Waals surface area contributed by atoms with Crippen LogP contribution >= 0.6 is 0 Å². The summed E-state index contributed by atoms with van der Waals surface area (Å²) >= 11 is 0. The number of carbonyl (C=O) groups excluding carboxylic acids is 1. The number of nitrogens with zero attached hydrogens (tertiary/aromatic N) is 1. The van der Waals surface area contributed by atoms with Crippen molar-refractivity contribution in [1.82, 2.24) is 5.32 Å². The molecule has 5 nitrogen and oxygen atoms in total. The number of hydrogen-bond acceptors (Lipinski definition) is 4. The fourth-order valence-electron chi connectivity index (χ4n) is 2.66. The Morgan fingerprint density at radius 3 is 3.00 bits per heavy atom. The lowest BCUT2D eigenvalue weighted by Crippen LogP contribution is -2.41. The first-order valence-electron chi connectivity index (χ1n) is 7.19. The van der Waals surface area contributed by atoms with E-state index in [2.05, 4.69) is 5.32 Å². The number of piperidine rings is 1. The van der Waals surface area contributed by atoms with Gasteiger partial charge in [0, 0.05) is 0 Å². The molecule has 0 atom stereocenters. The Morgan fingerprint density at radius 1 is 1.35 bits per heavy atom. The van der Waals surface area contributed by atoms with Crippen molar-refractivity contribution in [2.45, 2.75) is 18.9 Å². The number of para-hydroxylation sites is 2. The quantitative estimate of drug-likeness (QED) is 0.900. The highest BCUT2D eigenvalue weighted by Gasteiger charge is 2.24. The normalized spacial score (nSPS) is 19.3. The highest BCUT2D eigenvalue weighted by Crippen LogP contribution is 2.30. The molecule has 2 aliphatic heterocycles. The van der Waals surface area contributed by atoms with Crippen molar-refractivity contribution in [2.75, 3.05) is 37.7 Å². The molecule has 0 radical (unpaired) electrons. The molecule has 20 heavy (non-hydrogen) atoms. The molecule has 3 rings (SSSR count). The summed E-state index contributed by atoms with van der Waals surface area (Å²) in [5, 5.41) is 3.29. The zero-order valence-corrected chi connectivity index (χ0v) is 11.5. The maximum atomic E-state index is 12.3. The van der Waals surface area contributed by atoms with Gasteiger partial charge in [0.1, 0.15) is 19.0 Å². The van der Waals surface area contributed by atoms with E-state index in [1.165, 1.54) is 0 Å². The van der Waals surface area contributed by atoms with Gasteiger partial charge in [0.15, 0.2) is 0 Å². The topological polar surface area (TPSA) is 50.8 Å². The van der Waals surface area contributed by atoms with Crippen molar-refractivity contribution in [3.63, 3.8) is 0 Å². The van der Waals surface area contributed by atoms with E-state index in [0.717, 1.165) is 37.4 Å². The van der Waals surface area contributed by atoms with Crippen LogP contribution in [0.5, 0.6) is 5.75 Å². The minimum atomic E-state index is 0.0132. The molecule has 1 saturated heterocycles. The van der Waals surface area contributed by atoms with Crippen molar-refractivity contribution in [3.05, 3.63) is 24.3 Å². The molecular weight excluding hydrogens is 256 g/mol. The average Bonchev–Trinajstić information content (AvgIpc) is 2.53. The van der Waals surface area contributed by atoms with Gasteiger partial charge in [-0.3, -0.25) is 4.79 Å². The number of anilines is 1. The van der Waals surface area contributed by atoms with Gasteiger partial charge in [-0.15, -0.1) is 0 Å². The molecule has 0 aromatic heterocycles. The van der Waals surface area contributed by atoms with Crippen LogP contribution in [0, 0.1) is 0 Å². The number of rotatable bonds is 3. The average molecular weight is 276 g/mol. The molecule has 108 valence electrons. The Kier molecular flexibility index (Phi) is 4.18. The number of amides is 1. The number of benzene rings is 1. The lowest BCUT2D eigenvalue weighted by Gasteiger charge is -2.30. The number of nitrogens with one attached hydrogen (secondary N) is 1. The predicted octanol–water partition coefficient (Wildman–Crippen LogP) is 1.18. The summed E-state index contributed by atoms with van der Waals surface area (Å²) in [6.07, 6.45) is 2.16. The highest BCUT2D eigenvalue weighted by molar-refractivity contribution is 5.96. The molecule has 5 heteroatoms. The lowest BCUT2D eigenvalue weighted by atomic mass is 10.1. The SMILES string of the molecule is O=C(COC1CCNCC1)N1CCOc2ccccc21. The Labute approximate surface area is 118 Å². The first-order chi connectivity index (χ1) is 9.84. The van der Waals surface area contributed by atoms with E-state index in [1.54, 1.807) is 4.90 Å². The maximum absolute atomic E-state index is 12.3. The van der Waals surface area contributed by atoms with Crippen LogP contribution in [-0.2, 0) is 9.53 Å². The van der Waals surface area contributed by atoms with Crippen molar-refractivity contribution in [3.8, 4) is 5.75 Å². The van der Waals surface area contributed by atoms with E-state index < -0.39 is 0 Å². The van der Waals surface area contributed by atoms with Gasteiger partial charge >= 0.3 is 0 Å². The molecular formula is C15H20N2O3. The minimum absolute atomic E-state index is 0.0132. The second kappa shape index (κ2) is 6.24. The molecule has 2 aliphatic rings. The molecule has 1 N–H and O–H groups in total. The van der Waals surface area contributed by atoms with Gasteiger partial charge in [-0.25, -0.2) is 0 Å². The standard InChI is InChI=1S/C15H20N2O3/c18-15(11-20-12-5-7-16-8-6-12)17-9-10-19-14-4-2-1-3-13(14)17/h1-4,12,16H,5-11H2. The van der Waals surface area contributed by atoms with Gasteiger partial charge in [-0.2, -0.15) is 0 Å². The molecule has 0 spiro atoms. The molecule has 1 aromatic carbocycles. The third kappa shape index (κ3) is 2.94. The summed E-state index contributed by atoms with van der Waals surface area (Å²) in [6.45, 7) is 3.22. The molecule has 1 fully saturated rings. The molecule has 0 unspecified atom stereocenters. The first-order valence-corrected chi connectivity index (χ1v) is 7.19. The van der Waals surface area contributed by atoms with Gasteiger partial charge in [0.25, 0.3) is 5.91 Å². The number of carbonyl (C=O) groups is 1. The Bertz CT molecular complexity index is 472. The monoisotopic (exact) mass is 276 g/mol. The van der Waals surface area contributed by atoms with Crippen LogP contribution in [0.4, 0.5) is 5.69 Å². The predicted molar refractivity (Wildman–Crippen MR) is 76.1 cm³/mol. The van der Waals surface area contributed by atoms with Crippen LogP contribution < -0.4 is 15.0 Å². The van der Waals surface area contributed by atoms with E-state index in [4.69, 9.17) is 9.47 Å². The smallest absolute Gasteiger partial charge is 0.253 e. The van der Waals surface area contributed by atoms with E-state index >= 15 is 0 Å². The van der Waals surface area contributed by atoms with Crippen LogP contribution in [0.3, 0.4) is 0 Å². The summed E-state index contributed by atoms with van der Waals surface area (Å²) < 4.78 is 11.3. The lowest BCUT2D eigenvalue weighted by molar-refractivity contribution is -0.125. The summed E-state index contributed by atoms with van der Waals surface area (Å²) in [6, 6.07) is 7.64. The zero-order valence-electron chi connectivity index (χ0n) is 11.5. The second-order valence-corrected chi connectivity index (χ2v) is 5.12. The van der Waals surface area contributed by atoms with E-state index in [0.29, 0.717) is 13.2 Å². The van der Waals surface area contributed by atoms with E-state index in [9.17, 15) is 4.79 Å². The summed E-state index contributed by atoms with van der Waals surface area (Å²) in [5.74, 6) is 0.785. The van der Waals surface area contributed by atoms with Crippen LogP contribution in [0.15, 0.2) is 24.3 Å². The maximum Gasteiger partial charge on any atom is 0.253 e. The molecule has 1 amide bonds. The molecule has 0 aliphatic carbocycles. The molecule has 2 heterocycles. The molecule has 0 saturated carbocycles. The minimum Gasteiger partial charge on any atom is -0.490 e. The Morgan fingerprint density at radius 2 is 2.15 bits per heavy atom.